The van der Waals surface area contributed by atoms with Crippen molar-refractivity contribution in [2.45, 2.75) is 12.3 Å². The average molecular weight is 298 g/mol. The Morgan fingerprint density at radius 1 is 1.53 bits per heavy atom. The Bertz CT molecular complexity index is 597. The quantitative estimate of drug-likeness (QED) is 0.810. The maximum absolute atomic E-state index is 12.2. The normalized spacial score (nSPS) is 20.0. The molecule has 0 aliphatic carbocycles. The molecule has 6 nitrogen and oxygen atoms in total. The Labute approximate surface area is 116 Å². The first kappa shape index (κ1) is 14.1. The molecule has 2 rings (SSSR count). The van der Waals surface area contributed by atoms with Crippen molar-refractivity contribution < 1.29 is 8.42 Å². The van der Waals surface area contributed by atoms with Crippen molar-refractivity contribution in [3.8, 4) is 6.07 Å². The molecule has 1 saturated heterocycles. The van der Waals surface area contributed by atoms with E-state index in [-0.39, 0.29) is 11.4 Å². The van der Waals surface area contributed by atoms with Gasteiger partial charge in [0.05, 0.1) is 0 Å². The zero-order chi connectivity index (χ0) is 13.9. The number of sulfone groups is 1. The summed E-state index contributed by atoms with van der Waals surface area (Å²) >= 11 is 1.61. The minimum atomic E-state index is -3.22. The zero-order valence-electron chi connectivity index (χ0n) is 10.5. The lowest BCUT2D eigenvalue weighted by Crippen LogP contribution is -2.48. The van der Waals surface area contributed by atoms with Crippen LogP contribution in [0.15, 0.2) is 12.4 Å². The maximum Gasteiger partial charge on any atom is 0.183 e. The van der Waals surface area contributed by atoms with Crippen molar-refractivity contribution in [3.63, 3.8) is 0 Å². The molecule has 0 N–H and O–H groups in total. The summed E-state index contributed by atoms with van der Waals surface area (Å²) in [6.07, 6.45) is 2.91. The molecule has 0 aromatic carbocycles. The van der Waals surface area contributed by atoms with Crippen LogP contribution in [0.2, 0.25) is 0 Å². The smallest absolute Gasteiger partial charge is 0.183 e. The number of hydrogen-bond acceptors (Lipinski definition) is 7. The Hall–Kier alpha value is -1.33. The van der Waals surface area contributed by atoms with Crippen molar-refractivity contribution in [2.24, 2.45) is 0 Å². The van der Waals surface area contributed by atoms with Gasteiger partial charge in [-0.25, -0.2) is 18.4 Å². The van der Waals surface area contributed by atoms with E-state index in [1.165, 1.54) is 12.4 Å². The number of anilines is 1. The minimum Gasteiger partial charge on any atom is -0.336 e. The van der Waals surface area contributed by atoms with Crippen molar-refractivity contribution >= 4 is 27.4 Å². The van der Waals surface area contributed by atoms with Crippen LogP contribution in [0.25, 0.3) is 0 Å². The van der Waals surface area contributed by atoms with Gasteiger partial charge in [0, 0.05) is 36.2 Å². The van der Waals surface area contributed by atoms with Crippen LogP contribution in [0.3, 0.4) is 0 Å². The molecule has 0 amide bonds. The van der Waals surface area contributed by atoms with Gasteiger partial charge >= 0.3 is 0 Å². The first-order valence-electron chi connectivity index (χ1n) is 5.87. The third kappa shape index (κ3) is 2.82. The number of nitrogens with zero attached hydrogens (tertiary/aromatic N) is 4. The lowest BCUT2D eigenvalue weighted by Gasteiger charge is -2.35. The van der Waals surface area contributed by atoms with Crippen LogP contribution >= 0.6 is 11.8 Å². The Balaban J connectivity index is 2.43. The standard InChI is InChI=1S/C11H14N4O2S2/c1-2-19(16,17)10-8-18-6-5-15(10)11-9(7-12)13-3-4-14-11/h3-4,10H,2,5-6,8H2,1H3. The number of thioether (sulfide) groups is 1. The molecule has 1 aromatic rings. The molecule has 1 fully saturated rings. The highest BCUT2D eigenvalue weighted by Crippen LogP contribution is 2.27. The first-order valence-corrected chi connectivity index (χ1v) is 8.74. The molecule has 1 atom stereocenters. The molecule has 19 heavy (non-hydrogen) atoms. The van der Waals surface area contributed by atoms with Gasteiger partial charge in [-0.1, -0.05) is 6.92 Å². The number of hydrogen-bond donors (Lipinski definition) is 0. The van der Waals surface area contributed by atoms with Crippen LogP contribution in [-0.2, 0) is 9.84 Å². The van der Waals surface area contributed by atoms with Gasteiger partial charge in [0.1, 0.15) is 11.4 Å². The zero-order valence-corrected chi connectivity index (χ0v) is 12.1. The summed E-state index contributed by atoms with van der Waals surface area (Å²) < 4.78 is 24.3. The summed E-state index contributed by atoms with van der Waals surface area (Å²) in [4.78, 5) is 9.78. The predicted octanol–water partition coefficient (Wildman–Crippen LogP) is 0.662. The summed E-state index contributed by atoms with van der Waals surface area (Å²) in [7, 11) is -3.22. The first-order chi connectivity index (χ1) is 9.10. The van der Waals surface area contributed by atoms with Crippen LogP contribution in [-0.4, -0.2) is 47.6 Å². The highest BCUT2D eigenvalue weighted by Gasteiger charge is 2.34. The van der Waals surface area contributed by atoms with E-state index in [0.717, 1.165) is 5.75 Å². The van der Waals surface area contributed by atoms with Crippen LogP contribution in [0.4, 0.5) is 5.82 Å². The van der Waals surface area contributed by atoms with E-state index >= 15 is 0 Å². The molecule has 8 heteroatoms. The number of aromatic nitrogens is 2. The molecular formula is C11H14N4O2S2. The van der Waals surface area contributed by atoms with E-state index in [1.807, 2.05) is 6.07 Å². The highest BCUT2D eigenvalue weighted by molar-refractivity contribution is 8.01. The summed E-state index contributed by atoms with van der Waals surface area (Å²) in [6, 6.07) is 1.97. The van der Waals surface area contributed by atoms with E-state index < -0.39 is 15.2 Å². The summed E-state index contributed by atoms with van der Waals surface area (Å²) in [5.74, 6) is 1.76. The molecule has 0 radical (unpaired) electrons. The third-order valence-corrected chi connectivity index (χ3v) is 6.25. The number of nitriles is 1. The van der Waals surface area contributed by atoms with Crippen molar-refractivity contribution in [1.82, 2.24) is 9.97 Å². The average Bonchev–Trinajstić information content (AvgIpc) is 2.47. The lowest BCUT2D eigenvalue weighted by atomic mass is 10.3. The van der Waals surface area contributed by atoms with Gasteiger partial charge in [-0.3, -0.25) is 0 Å². The van der Waals surface area contributed by atoms with E-state index in [2.05, 4.69) is 9.97 Å². The van der Waals surface area contributed by atoms with Crippen LogP contribution in [0.1, 0.15) is 12.6 Å². The maximum atomic E-state index is 12.2. The molecule has 102 valence electrons. The summed E-state index contributed by atoms with van der Waals surface area (Å²) in [5, 5.41) is 8.44. The van der Waals surface area contributed by atoms with E-state index in [4.69, 9.17) is 5.26 Å². The van der Waals surface area contributed by atoms with Crippen LogP contribution < -0.4 is 4.90 Å². The summed E-state index contributed by atoms with van der Waals surface area (Å²) in [5.41, 5.74) is 0.172. The van der Waals surface area contributed by atoms with Gasteiger partial charge in [-0.05, 0) is 0 Å². The second-order valence-corrected chi connectivity index (χ2v) is 7.61. The fourth-order valence-corrected chi connectivity index (χ4v) is 4.90. The van der Waals surface area contributed by atoms with Gasteiger partial charge < -0.3 is 4.90 Å². The van der Waals surface area contributed by atoms with Gasteiger partial charge in [-0.15, -0.1) is 0 Å². The van der Waals surface area contributed by atoms with Gasteiger partial charge in [0.15, 0.2) is 21.3 Å². The van der Waals surface area contributed by atoms with Gasteiger partial charge in [0.2, 0.25) is 0 Å². The molecule has 0 bridgehead atoms. The molecule has 1 aromatic heterocycles. The van der Waals surface area contributed by atoms with Crippen LogP contribution in [0.5, 0.6) is 0 Å². The Morgan fingerprint density at radius 3 is 2.95 bits per heavy atom. The molecule has 0 spiro atoms. The van der Waals surface area contributed by atoms with Gasteiger partial charge in [-0.2, -0.15) is 17.0 Å². The highest BCUT2D eigenvalue weighted by atomic mass is 32.2. The van der Waals surface area contributed by atoms with Crippen LogP contribution in [0, 0.1) is 11.3 Å². The van der Waals surface area contributed by atoms with E-state index in [1.54, 1.807) is 23.6 Å². The fraction of sp³-hybridized carbons (Fsp3) is 0.545. The minimum absolute atomic E-state index is 0.0802. The second-order valence-electron chi connectivity index (χ2n) is 4.01. The molecule has 0 saturated carbocycles. The SMILES string of the molecule is CCS(=O)(=O)C1CSCCN1c1nccnc1C#N. The van der Waals surface area contributed by atoms with Crippen molar-refractivity contribution in [2.75, 3.05) is 28.7 Å². The largest absolute Gasteiger partial charge is 0.336 e. The lowest BCUT2D eigenvalue weighted by molar-refractivity contribution is 0.578. The predicted molar refractivity (Wildman–Crippen MR) is 74.7 cm³/mol. The topological polar surface area (TPSA) is 87.0 Å². The van der Waals surface area contributed by atoms with Crippen molar-refractivity contribution in [1.29, 1.82) is 5.26 Å². The summed E-state index contributed by atoms with van der Waals surface area (Å²) in [6.45, 7) is 2.19. The monoisotopic (exact) mass is 298 g/mol. The van der Waals surface area contributed by atoms with E-state index in [0.29, 0.717) is 18.1 Å². The third-order valence-electron chi connectivity index (χ3n) is 2.96. The number of rotatable bonds is 3. The van der Waals surface area contributed by atoms with E-state index in [9.17, 15) is 8.42 Å². The molecular weight excluding hydrogens is 284 g/mol. The molecule has 1 unspecified atom stereocenters. The fourth-order valence-electron chi connectivity index (χ4n) is 1.93. The molecule has 1 aliphatic heterocycles. The Morgan fingerprint density at radius 2 is 2.26 bits per heavy atom. The van der Waals surface area contributed by atoms with Gasteiger partial charge in [0.25, 0.3) is 0 Å². The van der Waals surface area contributed by atoms with Crippen molar-refractivity contribution in [3.05, 3.63) is 18.1 Å². The Kier molecular flexibility index (Phi) is 4.27. The molecule has 1 aliphatic rings. The molecule has 2 heterocycles. The second kappa shape index (κ2) is 5.75.